The summed E-state index contributed by atoms with van der Waals surface area (Å²) >= 11 is 9.63. The van der Waals surface area contributed by atoms with Gasteiger partial charge in [0.1, 0.15) is 5.75 Å². The Morgan fingerprint density at radius 1 is 1.41 bits per heavy atom. The van der Waals surface area contributed by atoms with Crippen molar-refractivity contribution in [1.29, 1.82) is 0 Å². The molecular formula is C14H18BrClO. The summed E-state index contributed by atoms with van der Waals surface area (Å²) < 4.78 is 6.89. The van der Waals surface area contributed by atoms with Crippen LogP contribution in [0.15, 0.2) is 16.6 Å². The fraction of sp³-hybridized carbons (Fsp3) is 0.571. The van der Waals surface area contributed by atoms with Crippen LogP contribution in [-0.4, -0.2) is 12.5 Å². The fourth-order valence-electron chi connectivity index (χ4n) is 2.25. The molecule has 0 saturated heterocycles. The Hall–Kier alpha value is -0.210. The Bertz CT molecular complexity index is 403. The molecule has 0 bridgehead atoms. The fourth-order valence-corrected chi connectivity index (χ4v) is 3.27. The second-order valence-electron chi connectivity index (χ2n) is 5.01. The maximum absolute atomic E-state index is 6.05. The van der Waals surface area contributed by atoms with Crippen LogP contribution in [0.4, 0.5) is 0 Å². The molecule has 0 radical (unpaired) electrons. The Labute approximate surface area is 117 Å². The van der Waals surface area contributed by atoms with Gasteiger partial charge in [0.25, 0.3) is 0 Å². The number of hydrogen-bond donors (Lipinski definition) is 0. The number of fused-ring (bicyclic) bond motifs is 1. The summed E-state index contributed by atoms with van der Waals surface area (Å²) in [5, 5.41) is 0. The first kappa shape index (κ1) is 13.2. The van der Waals surface area contributed by atoms with E-state index in [-0.39, 0.29) is 0 Å². The van der Waals surface area contributed by atoms with Crippen molar-refractivity contribution in [1.82, 2.24) is 0 Å². The first-order valence-electron chi connectivity index (χ1n) is 6.12. The maximum Gasteiger partial charge on any atom is 0.125 e. The van der Waals surface area contributed by atoms with Crippen LogP contribution in [0.2, 0.25) is 0 Å². The predicted molar refractivity (Wildman–Crippen MR) is 76.1 cm³/mol. The average Bonchev–Trinajstić information content (AvgIpc) is 2.72. The van der Waals surface area contributed by atoms with Crippen molar-refractivity contribution in [2.75, 3.05) is 12.5 Å². The molecule has 1 heterocycles. The lowest BCUT2D eigenvalue weighted by Crippen LogP contribution is -2.14. The van der Waals surface area contributed by atoms with Crippen LogP contribution < -0.4 is 4.74 Å². The number of hydrogen-bond acceptors (Lipinski definition) is 1. The van der Waals surface area contributed by atoms with E-state index in [0.29, 0.717) is 17.7 Å². The van der Waals surface area contributed by atoms with Gasteiger partial charge in [0.15, 0.2) is 0 Å². The monoisotopic (exact) mass is 316 g/mol. The third-order valence-electron chi connectivity index (χ3n) is 3.45. The largest absolute Gasteiger partial charge is 0.493 e. The van der Waals surface area contributed by atoms with Gasteiger partial charge in [-0.3, -0.25) is 0 Å². The quantitative estimate of drug-likeness (QED) is 0.746. The summed E-state index contributed by atoms with van der Waals surface area (Å²) in [6.07, 6.45) is 2.03. The van der Waals surface area contributed by atoms with Crippen LogP contribution in [0.1, 0.15) is 25.0 Å². The van der Waals surface area contributed by atoms with Gasteiger partial charge in [0.05, 0.1) is 6.61 Å². The van der Waals surface area contributed by atoms with Crippen molar-refractivity contribution in [3.63, 3.8) is 0 Å². The van der Waals surface area contributed by atoms with Gasteiger partial charge in [-0.1, -0.05) is 29.8 Å². The van der Waals surface area contributed by atoms with Crippen molar-refractivity contribution >= 4 is 27.5 Å². The second-order valence-corrected chi connectivity index (χ2v) is 6.24. The van der Waals surface area contributed by atoms with Gasteiger partial charge in [0, 0.05) is 16.8 Å². The minimum Gasteiger partial charge on any atom is -0.493 e. The van der Waals surface area contributed by atoms with Crippen molar-refractivity contribution in [3.8, 4) is 5.75 Å². The van der Waals surface area contributed by atoms with E-state index in [1.54, 1.807) is 0 Å². The Balaban J connectivity index is 2.26. The number of alkyl halides is 1. The van der Waals surface area contributed by atoms with Gasteiger partial charge in [-0.2, -0.15) is 0 Å². The average molecular weight is 318 g/mol. The molecule has 1 aromatic carbocycles. The van der Waals surface area contributed by atoms with E-state index in [4.69, 9.17) is 16.3 Å². The Morgan fingerprint density at radius 3 is 2.82 bits per heavy atom. The normalized spacial score (nSPS) is 15.8. The van der Waals surface area contributed by atoms with Crippen LogP contribution >= 0.6 is 27.5 Å². The summed E-state index contributed by atoms with van der Waals surface area (Å²) in [5.41, 5.74) is 2.62. The molecule has 94 valence electrons. The molecule has 2 rings (SSSR count). The van der Waals surface area contributed by atoms with Crippen molar-refractivity contribution in [2.24, 2.45) is 11.8 Å². The van der Waals surface area contributed by atoms with E-state index in [0.717, 1.165) is 29.7 Å². The molecule has 1 unspecified atom stereocenters. The van der Waals surface area contributed by atoms with E-state index >= 15 is 0 Å². The van der Waals surface area contributed by atoms with Crippen molar-refractivity contribution in [2.45, 2.75) is 26.7 Å². The molecule has 0 spiro atoms. The van der Waals surface area contributed by atoms with Crippen LogP contribution in [-0.2, 0) is 12.8 Å². The molecule has 1 nitrogen and oxygen atoms in total. The molecule has 1 aliphatic heterocycles. The van der Waals surface area contributed by atoms with Gasteiger partial charge in [-0.15, -0.1) is 11.6 Å². The summed E-state index contributed by atoms with van der Waals surface area (Å²) in [5.74, 6) is 2.92. The zero-order chi connectivity index (χ0) is 12.4. The number of rotatable bonds is 4. The van der Waals surface area contributed by atoms with E-state index < -0.39 is 0 Å². The van der Waals surface area contributed by atoms with Crippen LogP contribution in [0.5, 0.6) is 5.75 Å². The highest BCUT2D eigenvalue weighted by molar-refractivity contribution is 9.10. The van der Waals surface area contributed by atoms with Gasteiger partial charge in [0.2, 0.25) is 0 Å². The highest BCUT2D eigenvalue weighted by Crippen LogP contribution is 2.35. The van der Waals surface area contributed by atoms with Crippen LogP contribution in [0.3, 0.4) is 0 Å². The van der Waals surface area contributed by atoms with Crippen molar-refractivity contribution < 1.29 is 4.74 Å². The molecule has 3 heteroatoms. The maximum atomic E-state index is 6.05. The van der Waals surface area contributed by atoms with E-state index in [2.05, 4.69) is 41.9 Å². The minimum atomic E-state index is 0.513. The third-order valence-corrected chi connectivity index (χ3v) is 4.30. The number of ether oxygens (including phenoxy) is 1. The molecule has 0 amide bonds. The molecule has 0 aliphatic carbocycles. The summed E-state index contributed by atoms with van der Waals surface area (Å²) in [7, 11) is 0. The smallest absolute Gasteiger partial charge is 0.125 e. The minimum absolute atomic E-state index is 0.513. The van der Waals surface area contributed by atoms with E-state index in [1.807, 2.05) is 0 Å². The topological polar surface area (TPSA) is 9.23 Å². The Kier molecular flexibility index (Phi) is 4.37. The van der Waals surface area contributed by atoms with Crippen molar-refractivity contribution in [3.05, 3.63) is 27.7 Å². The summed E-state index contributed by atoms with van der Waals surface area (Å²) in [4.78, 5) is 0. The van der Waals surface area contributed by atoms with Crippen LogP contribution in [0.25, 0.3) is 0 Å². The first-order valence-corrected chi connectivity index (χ1v) is 7.44. The molecule has 1 aromatic rings. The number of benzene rings is 1. The lowest BCUT2D eigenvalue weighted by molar-refractivity contribution is 0.347. The predicted octanol–water partition coefficient (Wildman–Crippen LogP) is 4.44. The molecule has 0 N–H and O–H groups in total. The number of halogens is 2. The molecule has 17 heavy (non-hydrogen) atoms. The zero-order valence-corrected chi connectivity index (χ0v) is 12.6. The molecule has 1 atom stereocenters. The van der Waals surface area contributed by atoms with E-state index in [1.165, 1.54) is 11.1 Å². The highest BCUT2D eigenvalue weighted by Gasteiger charge is 2.21. The second kappa shape index (κ2) is 5.62. The van der Waals surface area contributed by atoms with Gasteiger partial charge in [-0.05, 0) is 41.5 Å². The molecular weight excluding hydrogens is 300 g/mol. The molecule has 0 fully saturated rings. The molecule has 0 aromatic heterocycles. The SMILES string of the molecule is CC(C)C(CCl)Cc1cc(Br)cc2c1OCC2. The van der Waals surface area contributed by atoms with E-state index in [9.17, 15) is 0 Å². The standard InChI is InChI=1S/C14H18BrClO/c1-9(2)12(8-16)5-11-7-13(15)6-10-3-4-17-14(10)11/h6-7,9,12H,3-5,8H2,1-2H3. The highest BCUT2D eigenvalue weighted by atomic mass is 79.9. The molecule has 0 saturated carbocycles. The zero-order valence-electron chi connectivity index (χ0n) is 10.3. The Morgan fingerprint density at radius 2 is 2.18 bits per heavy atom. The lowest BCUT2D eigenvalue weighted by atomic mass is 9.90. The lowest BCUT2D eigenvalue weighted by Gasteiger charge is -2.19. The summed E-state index contributed by atoms with van der Waals surface area (Å²) in [6.45, 7) is 5.27. The van der Waals surface area contributed by atoms with Gasteiger partial charge < -0.3 is 4.74 Å². The van der Waals surface area contributed by atoms with Gasteiger partial charge >= 0.3 is 0 Å². The third kappa shape index (κ3) is 2.97. The van der Waals surface area contributed by atoms with Gasteiger partial charge in [-0.25, -0.2) is 0 Å². The molecule has 1 aliphatic rings. The first-order chi connectivity index (χ1) is 8.11. The van der Waals surface area contributed by atoms with Crippen LogP contribution in [0, 0.1) is 11.8 Å². The summed E-state index contributed by atoms with van der Waals surface area (Å²) in [6, 6.07) is 4.34.